The van der Waals surface area contributed by atoms with E-state index >= 15 is 0 Å². The molecule has 0 fully saturated rings. The minimum Gasteiger partial charge on any atom is -0.348 e. The van der Waals surface area contributed by atoms with E-state index in [4.69, 9.17) is 0 Å². The van der Waals surface area contributed by atoms with Gasteiger partial charge in [-0.15, -0.1) is 11.3 Å². The highest BCUT2D eigenvalue weighted by molar-refractivity contribution is 7.13. The van der Waals surface area contributed by atoms with Crippen molar-refractivity contribution in [2.24, 2.45) is 0 Å². The highest BCUT2D eigenvalue weighted by atomic mass is 32.1. The Morgan fingerprint density at radius 3 is 2.70 bits per heavy atom. The van der Waals surface area contributed by atoms with Crippen LogP contribution in [0.25, 0.3) is 10.6 Å². The molecule has 1 aromatic carbocycles. The largest absolute Gasteiger partial charge is 0.348 e. The fourth-order valence-electron chi connectivity index (χ4n) is 2.26. The Morgan fingerprint density at radius 1 is 1.17 bits per heavy atom. The number of hydrogen-bond acceptors (Lipinski definition) is 4. The van der Waals surface area contributed by atoms with Crippen molar-refractivity contribution in [2.45, 2.75) is 19.4 Å². The van der Waals surface area contributed by atoms with Gasteiger partial charge in [-0.2, -0.15) is 0 Å². The summed E-state index contributed by atoms with van der Waals surface area (Å²) in [6.07, 6.45) is 2.01. The Bertz CT molecular complexity index is 771. The number of pyridine rings is 1. The van der Waals surface area contributed by atoms with Crippen LogP contribution in [-0.2, 0) is 11.2 Å². The zero-order valence-corrected chi connectivity index (χ0v) is 13.6. The quantitative estimate of drug-likeness (QED) is 0.780. The lowest BCUT2D eigenvalue weighted by atomic mass is 10.2. The Hall–Kier alpha value is -2.53. The number of hydrogen-bond donors (Lipinski definition) is 1. The summed E-state index contributed by atoms with van der Waals surface area (Å²) in [5, 5.41) is 5.83. The number of thiazole rings is 1. The molecule has 1 N–H and O–H groups in total. The van der Waals surface area contributed by atoms with Crippen molar-refractivity contribution in [3.8, 4) is 10.6 Å². The lowest BCUT2D eigenvalue weighted by molar-refractivity contribution is -0.121. The molecule has 4 nitrogen and oxygen atoms in total. The van der Waals surface area contributed by atoms with Gasteiger partial charge in [0, 0.05) is 17.1 Å². The molecule has 5 heteroatoms. The lowest BCUT2D eigenvalue weighted by Gasteiger charge is -2.12. The maximum absolute atomic E-state index is 12.2. The van der Waals surface area contributed by atoms with Crippen molar-refractivity contribution >= 4 is 17.2 Å². The first-order valence-electron chi connectivity index (χ1n) is 7.42. The van der Waals surface area contributed by atoms with Crippen molar-refractivity contribution in [1.82, 2.24) is 15.3 Å². The van der Waals surface area contributed by atoms with Gasteiger partial charge in [-0.1, -0.05) is 36.4 Å². The van der Waals surface area contributed by atoms with Crippen LogP contribution in [-0.4, -0.2) is 15.9 Å². The average Bonchev–Trinajstić information content (AvgIpc) is 3.04. The van der Waals surface area contributed by atoms with Gasteiger partial charge in [-0.05, 0) is 19.1 Å². The van der Waals surface area contributed by atoms with E-state index in [9.17, 15) is 4.79 Å². The molecule has 0 saturated heterocycles. The zero-order chi connectivity index (χ0) is 16.1. The molecule has 1 atom stereocenters. The fourth-order valence-corrected chi connectivity index (χ4v) is 3.09. The number of nitrogens with zero attached hydrogens (tertiary/aromatic N) is 2. The maximum Gasteiger partial charge on any atom is 0.226 e. The van der Waals surface area contributed by atoms with Gasteiger partial charge in [-0.25, -0.2) is 4.98 Å². The normalized spacial score (nSPS) is 11.9. The van der Waals surface area contributed by atoms with E-state index in [-0.39, 0.29) is 18.4 Å². The van der Waals surface area contributed by atoms with Crippen molar-refractivity contribution in [2.75, 3.05) is 0 Å². The van der Waals surface area contributed by atoms with Crippen LogP contribution in [0, 0.1) is 0 Å². The van der Waals surface area contributed by atoms with Crippen LogP contribution in [0.3, 0.4) is 0 Å². The van der Waals surface area contributed by atoms with Gasteiger partial charge in [0.05, 0.1) is 23.9 Å². The van der Waals surface area contributed by atoms with E-state index in [1.54, 1.807) is 17.5 Å². The minimum atomic E-state index is -0.115. The monoisotopic (exact) mass is 323 g/mol. The first kappa shape index (κ1) is 15.4. The molecule has 2 heterocycles. The van der Waals surface area contributed by atoms with Gasteiger partial charge in [0.2, 0.25) is 5.91 Å². The molecule has 2 aromatic heterocycles. The Balaban J connectivity index is 1.61. The summed E-state index contributed by atoms with van der Waals surface area (Å²) in [5.41, 5.74) is 2.72. The smallest absolute Gasteiger partial charge is 0.226 e. The standard InChI is InChI=1S/C18H17N3OS/c1-13(16-9-5-6-10-19-16)20-17(22)11-15-12-23-18(21-15)14-7-3-2-4-8-14/h2-10,12-13H,11H2,1H3,(H,20,22). The molecule has 116 valence electrons. The number of carbonyl (C=O) groups excluding carboxylic acids is 1. The Labute approximate surface area is 139 Å². The number of aromatic nitrogens is 2. The van der Waals surface area contributed by atoms with Crippen molar-refractivity contribution in [3.05, 3.63) is 71.5 Å². The van der Waals surface area contributed by atoms with Gasteiger partial charge in [0.25, 0.3) is 0 Å². The van der Waals surface area contributed by atoms with E-state index in [1.807, 2.05) is 60.8 Å². The SMILES string of the molecule is CC(NC(=O)Cc1csc(-c2ccccc2)n1)c1ccccn1. The summed E-state index contributed by atoms with van der Waals surface area (Å²) in [7, 11) is 0. The van der Waals surface area contributed by atoms with Crippen LogP contribution in [0.4, 0.5) is 0 Å². The molecular weight excluding hydrogens is 306 g/mol. The predicted molar refractivity (Wildman–Crippen MR) is 92.0 cm³/mol. The number of amides is 1. The number of carbonyl (C=O) groups is 1. The van der Waals surface area contributed by atoms with Crippen LogP contribution in [0.1, 0.15) is 24.4 Å². The second kappa shape index (κ2) is 7.15. The maximum atomic E-state index is 12.2. The van der Waals surface area contributed by atoms with Gasteiger partial charge < -0.3 is 5.32 Å². The summed E-state index contributed by atoms with van der Waals surface area (Å²) in [6, 6.07) is 15.5. The zero-order valence-electron chi connectivity index (χ0n) is 12.8. The summed E-state index contributed by atoms with van der Waals surface area (Å²) in [5.74, 6) is -0.0481. The highest BCUT2D eigenvalue weighted by Crippen LogP contribution is 2.23. The third-order valence-electron chi connectivity index (χ3n) is 3.42. The Morgan fingerprint density at radius 2 is 1.96 bits per heavy atom. The number of benzene rings is 1. The summed E-state index contributed by atoms with van der Waals surface area (Å²) in [4.78, 5) is 21.0. The van der Waals surface area contributed by atoms with Crippen LogP contribution in [0.2, 0.25) is 0 Å². The van der Waals surface area contributed by atoms with E-state index < -0.39 is 0 Å². The predicted octanol–water partition coefficient (Wildman–Crippen LogP) is 3.63. The van der Waals surface area contributed by atoms with E-state index in [0.29, 0.717) is 0 Å². The van der Waals surface area contributed by atoms with Gasteiger partial charge in [-0.3, -0.25) is 9.78 Å². The van der Waals surface area contributed by atoms with Crippen molar-refractivity contribution in [3.63, 3.8) is 0 Å². The van der Waals surface area contributed by atoms with Crippen LogP contribution in [0.15, 0.2) is 60.1 Å². The van der Waals surface area contributed by atoms with E-state index in [2.05, 4.69) is 15.3 Å². The van der Waals surface area contributed by atoms with Crippen molar-refractivity contribution < 1.29 is 4.79 Å². The molecule has 1 unspecified atom stereocenters. The first-order valence-corrected chi connectivity index (χ1v) is 8.30. The van der Waals surface area contributed by atoms with Gasteiger partial charge in [0.1, 0.15) is 5.01 Å². The molecule has 0 aliphatic heterocycles. The number of rotatable bonds is 5. The molecule has 0 saturated carbocycles. The highest BCUT2D eigenvalue weighted by Gasteiger charge is 2.13. The average molecular weight is 323 g/mol. The molecule has 1 amide bonds. The Kier molecular flexibility index (Phi) is 4.78. The molecule has 0 spiro atoms. The first-order chi connectivity index (χ1) is 11.2. The van der Waals surface area contributed by atoms with Crippen LogP contribution >= 0.6 is 11.3 Å². The second-order valence-corrected chi connectivity index (χ2v) is 6.09. The lowest BCUT2D eigenvalue weighted by Crippen LogP contribution is -2.28. The number of nitrogens with one attached hydrogen (secondary N) is 1. The molecule has 3 aromatic rings. The fraction of sp³-hybridized carbons (Fsp3) is 0.167. The van der Waals surface area contributed by atoms with Crippen LogP contribution < -0.4 is 5.32 Å². The summed E-state index contributed by atoms with van der Waals surface area (Å²) in [6.45, 7) is 1.93. The topological polar surface area (TPSA) is 54.9 Å². The molecule has 0 bridgehead atoms. The minimum absolute atomic E-state index is 0.0481. The van der Waals surface area contributed by atoms with E-state index in [1.165, 1.54) is 0 Å². The van der Waals surface area contributed by atoms with E-state index in [0.717, 1.165) is 22.0 Å². The van der Waals surface area contributed by atoms with Gasteiger partial charge >= 0.3 is 0 Å². The summed E-state index contributed by atoms with van der Waals surface area (Å²) < 4.78 is 0. The second-order valence-electron chi connectivity index (χ2n) is 5.23. The molecule has 3 rings (SSSR count). The molecule has 0 aliphatic carbocycles. The van der Waals surface area contributed by atoms with Crippen molar-refractivity contribution in [1.29, 1.82) is 0 Å². The summed E-state index contributed by atoms with van der Waals surface area (Å²) >= 11 is 1.56. The molecule has 0 aliphatic rings. The third kappa shape index (κ3) is 4.02. The third-order valence-corrected chi connectivity index (χ3v) is 4.36. The van der Waals surface area contributed by atoms with Crippen LogP contribution in [0.5, 0.6) is 0 Å². The molecule has 23 heavy (non-hydrogen) atoms. The molecule has 0 radical (unpaired) electrons. The molecular formula is C18H17N3OS. The van der Waals surface area contributed by atoms with Gasteiger partial charge in [0.15, 0.2) is 0 Å².